The van der Waals surface area contributed by atoms with Crippen molar-refractivity contribution < 1.29 is 13.9 Å². The summed E-state index contributed by atoms with van der Waals surface area (Å²) in [5.74, 6) is 1.08. The minimum Gasteiger partial charge on any atom is -0.484 e. The molecule has 0 aliphatic carbocycles. The molecule has 3 aromatic rings. The number of furan rings is 1. The molecule has 2 aromatic heterocycles. The van der Waals surface area contributed by atoms with Crippen LogP contribution in [0.25, 0.3) is 10.8 Å². The van der Waals surface area contributed by atoms with Crippen molar-refractivity contribution in [3.63, 3.8) is 0 Å². The van der Waals surface area contributed by atoms with Crippen molar-refractivity contribution >= 4 is 28.8 Å². The first-order valence-corrected chi connectivity index (χ1v) is 8.46. The summed E-state index contributed by atoms with van der Waals surface area (Å²) in [6.45, 7) is 2.25. The predicted molar refractivity (Wildman–Crippen MR) is 93.3 cm³/mol. The fraction of sp³-hybridized carbons (Fsp3) is 0.176. The summed E-state index contributed by atoms with van der Waals surface area (Å²) in [5, 5.41) is 4.20. The second-order valence-electron chi connectivity index (χ2n) is 5.03. The van der Waals surface area contributed by atoms with E-state index in [1.54, 1.807) is 30.5 Å². The molecular formula is C17H15ClN2O3S. The van der Waals surface area contributed by atoms with Crippen LogP contribution in [-0.2, 0) is 11.3 Å². The molecule has 0 atom stereocenters. The van der Waals surface area contributed by atoms with Crippen LogP contribution in [-0.4, -0.2) is 17.5 Å². The topological polar surface area (TPSA) is 64.4 Å². The Kier molecular flexibility index (Phi) is 5.17. The van der Waals surface area contributed by atoms with Gasteiger partial charge in [0.15, 0.2) is 17.4 Å². The van der Waals surface area contributed by atoms with Gasteiger partial charge in [-0.2, -0.15) is 0 Å². The molecule has 1 N–H and O–H groups in total. The number of halogens is 1. The van der Waals surface area contributed by atoms with E-state index >= 15 is 0 Å². The van der Waals surface area contributed by atoms with Gasteiger partial charge in [0.1, 0.15) is 5.75 Å². The van der Waals surface area contributed by atoms with Gasteiger partial charge in [0, 0.05) is 9.90 Å². The number of hydrogen-bond donors (Lipinski definition) is 1. The zero-order chi connectivity index (χ0) is 16.9. The predicted octanol–water partition coefficient (Wildman–Crippen LogP) is 4.06. The first-order valence-electron chi connectivity index (χ1n) is 7.27. The number of hydrogen-bond acceptors (Lipinski definition) is 5. The molecule has 0 aliphatic rings. The molecule has 2 heterocycles. The lowest BCUT2D eigenvalue weighted by Gasteiger charge is -2.07. The fourth-order valence-electron chi connectivity index (χ4n) is 2.03. The number of aryl methyl sites for hydroxylation is 1. The first-order chi connectivity index (χ1) is 11.6. The van der Waals surface area contributed by atoms with Crippen molar-refractivity contribution in [3.8, 4) is 16.5 Å². The van der Waals surface area contributed by atoms with E-state index in [1.165, 1.54) is 11.3 Å². The smallest absolute Gasteiger partial charge is 0.258 e. The standard InChI is InChI=1S/C17H15ClN2O3S/c1-11-15(24-17(20-11)14-6-3-7-22-14)9-19-16(21)10-23-13-5-2-4-12(18)8-13/h2-8H,9-10H2,1H3,(H,19,21). The Balaban J connectivity index is 1.53. The molecule has 0 bridgehead atoms. The van der Waals surface area contributed by atoms with Crippen LogP contribution in [0.15, 0.2) is 47.1 Å². The molecule has 0 spiro atoms. The van der Waals surface area contributed by atoms with Gasteiger partial charge in [-0.3, -0.25) is 4.79 Å². The molecule has 0 radical (unpaired) electrons. The van der Waals surface area contributed by atoms with Crippen molar-refractivity contribution in [2.75, 3.05) is 6.61 Å². The fourth-order valence-corrected chi connectivity index (χ4v) is 3.18. The maximum Gasteiger partial charge on any atom is 0.258 e. The highest BCUT2D eigenvalue weighted by Crippen LogP contribution is 2.28. The van der Waals surface area contributed by atoms with E-state index in [1.807, 2.05) is 19.1 Å². The van der Waals surface area contributed by atoms with Crippen molar-refractivity contribution in [3.05, 3.63) is 58.3 Å². The van der Waals surface area contributed by atoms with E-state index in [0.29, 0.717) is 17.3 Å². The third-order valence-corrected chi connectivity index (χ3v) is 4.64. The third-order valence-electron chi connectivity index (χ3n) is 3.24. The quantitative estimate of drug-likeness (QED) is 0.718. The van der Waals surface area contributed by atoms with Crippen LogP contribution in [0.5, 0.6) is 5.75 Å². The van der Waals surface area contributed by atoms with Crippen LogP contribution >= 0.6 is 22.9 Å². The summed E-state index contributed by atoms with van der Waals surface area (Å²) in [4.78, 5) is 17.4. The first kappa shape index (κ1) is 16.5. The van der Waals surface area contributed by atoms with Crippen LogP contribution in [0.4, 0.5) is 0 Å². The molecule has 0 fully saturated rings. The van der Waals surface area contributed by atoms with Gasteiger partial charge in [0.05, 0.1) is 18.5 Å². The molecule has 1 amide bonds. The molecule has 24 heavy (non-hydrogen) atoms. The number of ether oxygens (including phenoxy) is 1. The molecular weight excluding hydrogens is 348 g/mol. The van der Waals surface area contributed by atoms with E-state index in [0.717, 1.165) is 21.3 Å². The number of carbonyl (C=O) groups excluding carboxylic acids is 1. The number of benzene rings is 1. The highest BCUT2D eigenvalue weighted by atomic mass is 35.5. The summed E-state index contributed by atoms with van der Waals surface area (Å²) >= 11 is 7.37. The zero-order valence-electron chi connectivity index (χ0n) is 12.9. The van der Waals surface area contributed by atoms with Gasteiger partial charge in [0.25, 0.3) is 5.91 Å². The molecule has 124 valence electrons. The van der Waals surface area contributed by atoms with Crippen molar-refractivity contribution in [2.24, 2.45) is 0 Å². The highest BCUT2D eigenvalue weighted by molar-refractivity contribution is 7.15. The molecule has 3 rings (SSSR count). The number of aromatic nitrogens is 1. The van der Waals surface area contributed by atoms with Gasteiger partial charge in [-0.25, -0.2) is 4.98 Å². The Morgan fingerprint density at radius 2 is 2.25 bits per heavy atom. The Morgan fingerprint density at radius 3 is 3.00 bits per heavy atom. The van der Waals surface area contributed by atoms with Crippen LogP contribution in [0.2, 0.25) is 5.02 Å². The number of amides is 1. The van der Waals surface area contributed by atoms with Crippen LogP contribution in [0.1, 0.15) is 10.6 Å². The maximum absolute atomic E-state index is 11.9. The lowest BCUT2D eigenvalue weighted by molar-refractivity contribution is -0.123. The van der Waals surface area contributed by atoms with Crippen LogP contribution < -0.4 is 10.1 Å². The molecule has 5 nitrogen and oxygen atoms in total. The van der Waals surface area contributed by atoms with Gasteiger partial charge in [-0.05, 0) is 37.3 Å². The summed E-state index contributed by atoms with van der Waals surface area (Å²) in [6.07, 6.45) is 1.61. The summed E-state index contributed by atoms with van der Waals surface area (Å²) in [7, 11) is 0. The zero-order valence-corrected chi connectivity index (χ0v) is 14.5. The average Bonchev–Trinajstić information content (AvgIpc) is 3.20. The van der Waals surface area contributed by atoms with Crippen molar-refractivity contribution in [1.29, 1.82) is 0 Å². The van der Waals surface area contributed by atoms with E-state index in [-0.39, 0.29) is 12.5 Å². The number of rotatable bonds is 6. The SMILES string of the molecule is Cc1nc(-c2ccco2)sc1CNC(=O)COc1cccc(Cl)c1. The molecule has 0 saturated carbocycles. The summed E-state index contributed by atoms with van der Waals surface area (Å²) < 4.78 is 10.7. The maximum atomic E-state index is 11.9. The monoisotopic (exact) mass is 362 g/mol. The van der Waals surface area contributed by atoms with E-state index in [9.17, 15) is 4.79 Å². The number of nitrogens with one attached hydrogen (secondary N) is 1. The molecule has 1 aromatic carbocycles. The molecule has 0 unspecified atom stereocenters. The summed E-state index contributed by atoms with van der Waals surface area (Å²) in [5.41, 5.74) is 0.877. The summed E-state index contributed by atoms with van der Waals surface area (Å²) in [6, 6.07) is 10.6. The molecule has 7 heteroatoms. The Hall–Kier alpha value is -2.31. The Morgan fingerprint density at radius 1 is 1.38 bits per heavy atom. The van der Waals surface area contributed by atoms with Gasteiger partial charge >= 0.3 is 0 Å². The normalized spacial score (nSPS) is 10.6. The second kappa shape index (κ2) is 7.51. The third kappa shape index (κ3) is 4.15. The minimum atomic E-state index is -0.206. The lowest BCUT2D eigenvalue weighted by atomic mass is 10.3. The lowest BCUT2D eigenvalue weighted by Crippen LogP contribution is -2.28. The average molecular weight is 363 g/mol. The Labute approximate surface area is 148 Å². The van der Waals surface area contributed by atoms with Crippen molar-refractivity contribution in [1.82, 2.24) is 10.3 Å². The largest absolute Gasteiger partial charge is 0.484 e. The van der Waals surface area contributed by atoms with Gasteiger partial charge in [-0.15, -0.1) is 11.3 Å². The van der Waals surface area contributed by atoms with E-state index < -0.39 is 0 Å². The number of thiazole rings is 1. The van der Waals surface area contributed by atoms with E-state index in [4.69, 9.17) is 20.8 Å². The molecule has 0 saturated heterocycles. The van der Waals surface area contributed by atoms with Gasteiger partial charge in [-0.1, -0.05) is 17.7 Å². The second-order valence-corrected chi connectivity index (χ2v) is 6.55. The van der Waals surface area contributed by atoms with Crippen LogP contribution in [0.3, 0.4) is 0 Å². The minimum absolute atomic E-state index is 0.0662. The van der Waals surface area contributed by atoms with E-state index in [2.05, 4.69) is 10.3 Å². The molecule has 0 aliphatic heterocycles. The van der Waals surface area contributed by atoms with Gasteiger partial charge < -0.3 is 14.5 Å². The highest BCUT2D eigenvalue weighted by Gasteiger charge is 2.12. The number of nitrogens with zero attached hydrogens (tertiary/aromatic N) is 1. The van der Waals surface area contributed by atoms with Gasteiger partial charge in [0.2, 0.25) is 0 Å². The number of carbonyl (C=O) groups is 1. The van der Waals surface area contributed by atoms with Crippen LogP contribution in [0, 0.1) is 6.92 Å². The van der Waals surface area contributed by atoms with Crippen molar-refractivity contribution in [2.45, 2.75) is 13.5 Å². The Bertz CT molecular complexity index is 830.